The van der Waals surface area contributed by atoms with Gasteiger partial charge in [0.05, 0.1) is 5.69 Å². The van der Waals surface area contributed by atoms with Gasteiger partial charge in [0.1, 0.15) is 12.2 Å². The van der Waals surface area contributed by atoms with Gasteiger partial charge in [0.15, 0.2) is 0 Å². The smallest absolute Gasteiger partial charge is 0.312 e. The Balaban J connectivity index is 2.24. The lowest BCUT2D eigenvalue weighted by Gasteiger charge is -2.12. The van der Waals surface area contributed by atoms with Crippen LogP contribution in [0.2, 0.25) is 5.02 Å². The first kappa shape index (κ1) is 15.4. The van der Waals surface area contributed by atoms with Crippen molar-refractivity contribution < 1.29 is 9.90 Å². The molecule has 0 aliphatic heterocycles. The number of carboxylic acids is 1. The lowest BCUT2D eigenvalue weighted by Crippen LogP contribution is -2.16. The average Bonchev–Trinajstić information content (AvgIpc) is 2.47. The van der Waals surface area contributed by atoms with Crippen LogP contribution in [0.25, 0.3) is 0 Å². The molecule has 1 aromatic carbocycles. The van der Waals surface area contributed by atoms with E-state index in [0.29, 0.717) is 17.1 Å². The van der Waals surface area contributed by atoms with Gasteiger partial charge < -0.3 is 5.11 Å². The molecule has 110 valence electrons. The molecule has 2 rings (SSSR count). The molecular formula is C16H17ClN2O2. The number of nitrogens with zero attached hydrogens (tertiary/aromatic N) is 2. The van der Waals surface area contributed by atoms with Crippen molar-refractivity contribution in [1.29, 1.82) is 0 Å². The molecule has 1 aromatic heterocycles. The highest BCUT2D eigenvalue weighted by molar-refractivity contribution is 6.30. The minimum Gasteiger partial charge on any atom is -0.481 e. The van der Waals surface area contributed by atoms with Crippen molar-refractivity contribution in [3.63, 3.8) is 0 Å². The minimum atomic E-state index is -0.883. The molecule has 1 heterocycles. The number of hydrogen-bond acceptors (Lipinski definition) is 3. The van der Waals surface area contributed by atoms with E-state index in [2.05, 4.69) is 16.9 Å². The van der Waals surface area contributed by atoms with Gasteiger partial charge in [-0.15, -0.1) is 0 Å². The maximum Gasteiger partial charge on any atom is 0.312 e. The molecule has 1 atom stereocenters. The lowest BCUT2D eigenvalue weighted by atomic mass is 9.95. The molecule has 0 spiro atoms. The highest BCUT2D eigenvalue weighted by Crippen LogP contribution is 2.21. The molecule has 0 saturated carbocycles. The van der Waals surface area contributed by atoms with E-state index in [1.165, 1.54) is 6.33 Å². The molecule has 1 unspecified atom stereocenters. The van der Waals surface area contributed by atoms with Crippen molar-refractivity contribution in [3.05, 3.63) is 58.6 Å². The van der Waals surface area contributed by atoms with Gasteiger partial charge in [0, 0.05) is 10.7 Å². The first-order valence-electron chi connectivity index (χ1n) is 6.88. The Kier molecular flexibility index (Phi) is 5.28. The zero-order valence-corrected chi connectivity index (χ0v) is 12.5. The SMILES string of the molecule is CCCc1cc(C(Cc2ccc(Cl)cc2)C(=O)O)ncn1. The van der Waals surface area contributed by atoms with Gasteiger partial charge in [-0.1, -0.05) is 37.1 Å². The molecule has 4 nitrogen and oxygen atoms in total. The molecule has 0 bridgehead atoms. The van der Waals surface area contributed by atoms with Crippen LogP contribution in [-0.4, -0.2) is 21.0 Å². The average molecular weight is 305 g/mol. The summed E-state index contributed by atoms with van der Waals surface area (Å²) in [7, 11) is 0. The molecule has 0 saturated heterocycles. The van der Waals surface area contributed by atoms with E-state index in [4.69, 9.17) is 11.6 Å². The Morgan fingerprint density at radius 2 is 2.00 bits per heavy atom. The fourth-order valence-electron chi connectivity index (χ4n) is 2.17. The summed E-state index contributed by atoms with van der Waals surface area (Å²) in [5, 5.41) is 10.1. The number of carboxylic acid groups (broad SMARTS) is 1. The first-order valence-corrected chi connectivity index (χ1v) is 7.26. The molecule has 0 fully saturated rings. The molecular weight excluding hydrogens is 288 g/mol. The van der Waals surface area contributed by atoms with Crippen molar-refractivity contribution in [2.75, 3.05) is 0 Å². The lowest BCUT2D eigenvalue weighted by molar-refractivity contribution is -0.138. The maximum atomic E-state index is 11.6. The quantitative estimate of drug-likeness (QED) is 0.887. The molecule has 2 aromatic rings. The molecule has 21 heavy (non-hydrogen) atoms. The molecule has 1 N–H and O–H groups in total. The number of aliphatic carboxylic acids is 1. The van der Waals surface area contributed by atoms with Gasteiger partial charge in [-0.05, 0) is 36.6 Å². The van der Waals surface area contributed by atoms with Crippen LogP contribution in [0, 0.1) is 0 Å². The van der Waals surface area contributed by atoms with E-state index in [1.807, 2.05) is 12.1 Å². The van der Waals surface area contributed by atoms with Gasteiger partial charge in [0.2, 0.25) is 0 Å². The molecule has 0 aliphatic rings. The second-order valence-electron chi connectivity index (χ2n) is 4.91. The predicted molar refractivity (Wildman–Crippen MR) is 81.6 cm³/mol. The third-order valence-corrected chi connectivity index (χ3v) is 3.51. The van der Waals surface area contributed by atoms with Crippen molar-refractivity contribution in [2.24, 2.45) is 0 Å². The normalized spacial score (nSPS) is 12.1. The minimum absolute atomic E-state index is 0.384. The predicted octanol–water partition coefficient (Wildman–Crippen LogP) is 3.49. The standard InChI is InChI=1S/C16H17ClN2O2/c1-2-3-13-9-15(19-10-18-13)14(16(20)21)8-11-4-6-12(17)7-5-11/h4-7,9-10,14H,2-3,8H2,1H3,(H,20,21). The summed E-state index contributed by atoms with van der Waals surface area (Å²) in [5.74, 6) is -1.56. The van der Waals surface area contributed by atoms with Crippen LogP contribution in [0.15, 0.2) is 36.7 Å². The Hall–Kier alpha value is -1.94. The van der Waals surface area contributed by atoms with Gasteiger partial charge >= 0.3 is 5.97 Å². The highest BCUT2D eigenvalue weighted by atomic mass is 35.5. The van der Waals surface area contributed by atoms with Crippen LogP contribution in [0.4, 0.5) is 0 Å². The monoisotopic (exact) mass is 304 g/mol. The number of carbonyl (C=O) groups is 1. The van der Waals surface area contributed by atoms with Gasteiger partial charge in [-0.3, -0.25) is 4.79 Å². The van der Waals surface area contributed by atoms with Gasteiger partial charge in [-0.25, -0.2) is 9.97 Å². The fourth-order valence-corrected chi connectivity index (χ4v) is 2.30. The van der Waals surface area contributed by atoms with E-state index in [9.17, 15) is 9.90 Å². The molecule has 0 aliphatic carbocycles. The molecule has 0 amide bonds. The third-order valence-electron chi connectivity index (χ3n) is 3.26. The van der Waals surface area contributed by atoms with E-state index in [-0.39, 0.29) is 0 Å². The van der Waals surface area contributed by atoms with Crippen LogP contribution in [0.5, 0.6) is 0 Å². The van der Waals surface area contributed by atoms with Crippen molar-refractivity contribution in [1.82, 2.24) is 9.97 Å². The van der Waals surface area contributed by atoms with Gasteiger partial charge in [0.25, 0.3) is 0 Å². The Labute approximate surface area is 128 Å². The largest absolute Gasteiger partial charge is 0.481 e. The summed E-state index contributed by atoms with van der Waals surface area (Å²) in [6.07, 6.45) is 3.61. The van der Waals surface area contributed by atoms with E-state index in [0.717, 1.165) is 24.1 Å². The Bertz CT molecular complexity index is 614. The number of benzene rings is 1. The number of aromatic nitrogens is 2. The van der Waals surface area contributed by atoms with Crippen molar-refractivity contribution in [3.8, 4) is 0 Å². The third kappa shape index (κ3) is 4.26. The van der Waals surface area contributed by atoms with Crippen molar-refractivity contribution >= 4 is 17.6 Å². The van der Waals surface area contributed by atoms with E-state index >= 15 is 0 Å². The zero-order chi connectivity index (χ0) is 15.2. The molecule has 5 heteroatoms. The summed E-state index contributed by atoms with van der Waals surface area (Å²) >= 11 is 5.85. The van der Waals surface area contributed by atoms with Crippen LogP contribution in [0.1, 0.15) is 36.2 Å². The summed E-state index contributed by atoms with van der Waals surface area (Å²) < 4.78 is 0. The number of halogens is 1. The van der Waals surface area contributed by atoms with Crippen LogP contribution < -0.4 is 0 Å². The topological polar surface area (TPSA) is 63.1 Å². The number of rotatable bonds is 6. The van der Waals surface area contributed by atoms with E-state index in [1.54, 1.807) is 18.2 Å². The Morgan fingerprint density at radius 3 is 2.62 bits per heavy atom. The maximum absolute atomic E-state index is 11.6. The Morgan fingerprint density at radius 1 is 1.29 bits per heavy atom. The first-order chi connectivity index (χ1) is 10.1. The van der Waals surface area contributed by atoms with Gasteiger partial charge in [-0.2, -0.15) is 0 Å². The second kappa shape index (κ2) is 7.18. The summed E-state index contributed by atoms with van der Waals surface area (Å²) in [6.45, 7) is 2.06. The van der Waals surface area contributed by atoms with Crippen LogP contribution >= 0.6 is 11.6 Å². The summed E-state index contributed by atoms with van der Waals surface area (Å²) in [4.78, 5) is 19.9. The summed E-state index contributed by atoms with van der Waals surface area (Å²) in [5.41, 5.74) is 2.35. The second-order valence-corrected chi connectivity index (χ2v) is 5.34. The number of aryl methyl sites for hydroxylation is 1. The van der Waals surface area contributed by atoms with Crippen molar-refractivity contribution in [2.45, 2.75) is 32.1 Å². The zero-order valence-electron chi connectivity index (χ0n) is 11.8. The van der Waals surface area contributed by atoms with E-state index < -0.39 is 11.9 Å². The number of hydrogen-bond donors (Lipinski definition) is 1. The fraction of sp³-hybridized carbons (Fsp3) is 0.312. The highest BCUT2D eigenvalue weighted by Gasteiger charge is 2.22. The van der Waals surface area contributed by atoms with Crippen LogP contribution in [0.3, 0.4) is 0 Å². The summed E-state index contributed by atoms with van der Waals surface area (Å²) in [6, 6.07) is 8.99. The molecule has 0 radical (unpaired) electrons. The van der Waals surface area contributed by atoms with Crippen LogP contribution in [-0.2, 0) is 17.6 Å².